The normalized spacial score (nSPS) is 12.1. The van der Waals surface area contributed by atoms with Crippen molar-refractivity contribution < 1.29 is 14.3 Å². The van der Waals surface area contributed by atoms with Crippen molar-refractivity contribution in [2.75, 3.05) is 5.32 Å². The number of aliphatic carboxylic acids is 1. The Kier molecular flexibility index (Phi) is 4.63. The number of alkyl halides is 1. The summed E-state index contributed by atoms with van der Waals surface area (Å²) in [5, 5.41) is 12.9. The Bertz CT molecular complexity index is 1070. The average molecular weight is 375 g/mol. The minimum Gasteiger partial charge on any atom is -0.481 e. The molecule has 3 nitrogen and oxygen atoms in total. The molecule has 0 amide bonds. The van der Waals surface area contributed by atoms with E-state index >= 15 is 0 Å². The van der Waals surface area contributed by atoms with E-state index < -0.39 is 12.6 Å². The number of benzene rings is 3. The predicted molar refractivity (Wildman–Crippen MR) is 110 cm³/mol. The lowest BCUT2D eigenvalue weighted by atomic mass is 9.81. The van der Waals surface area contributed by atoms with Crippen LogP contribution in [0.25, 0.3) is 22.3 Å². The number of anilines is 1. The molecule has 0 unspecified atom stereocenters. The largest absolute Gasteiger partial charge is 0.481 e. The molecule has 4 rings (SSSR count). The number of hydrogen-bond donors (Lipinski definition) is 2. The smallest absolute Gasteiger partial charge is 0.307 e. The fourth-order valence-corrected chi connectivity index (χ4v) is 4.18. The Morgan fingerprint density at radius 3 is 2.43 bits per heavy atom. The Morgan fingerprint density at radius 2 is 1.75 bits per heavy atom. The molecule has 1 aliphatic heterocycles. The summed E-state index contributed by atoms with van der Waals surface area (Å²) in [5.74, 6) is -0.919. The zero-order valence-corrected chi connectivity index (χ0v) is 16.0. The second-order valence-electron chi connectivity index (χ2n) is 7.29. The molecule has 1 aliphatic rings. The van der Waals surface area contributed by atoms with E-state index in [9.17, 15) is 14.3 Å². The van der Waals surface area contributed by atoms with Crippen LogP contribution < -0.4 is 5.32 Å². The summed E-state index contributed by atoms with van der Waals surface area (Å²) in [4.78, 5) is 11.6. The highest BCUT2D eigenvalue weighted by Gasteiger charge is 2.27. The Hall–Kier alpha value is -3.14. The lowest BCUT2D eigenvalue weighted by Gasteiger charge is -2.29. The van der Waals surface area contributed by atoms with E-state index in [1.807, 2.05) is 62.4 Å². The van der Waals surface area contributed by atoms with Gasteiger partial charge in [-0.3, -0.25) is 4.79 Å². The van der Waals surface area contributed by atoms with Gasteiger partial charge in [-0.1, -0.05) is 54.1 Å². The van der Waals surface area contributed by atoms with E-state index in [-0.39, 0.29) is 6.42 Å². The molecule has 0 fully saturated rings. The quantitative estimate of drug-likeness (QED) is 0.619. The van der Waals surface area contributed by atoms with Gasteiger partial charge in [0.1, 0.15) is 6.67 Å². The van der Waals surface area contributed by atoms with E-state index in [0.717, 1.165) is 39.1 Å². The van der Waals surface area contributed by atoms with Crippen LogP contribution in [0.2, 0.25) is 0 Å². The maximum absolute atomic E-state index is 14.5. The average Bonchev–Trinajstić information content (AvgIpc) is 2.70. The van der Waals surface area contributed by atoms with Crippen LogP contribution in [0.3, 0.4) is 0 Å². The SMILES string of the molecule is Cc1ccc(-c2c(CC(=O)O)c(C)c3c(c2CF)-c2ccccc2CN3)cc1. The molecule has 2 N–H and O–H groups in total. The zero-order valence-electron chi connectivity index (χ0n) is 16.0. The van der Waals surface area contributed by atoms with Crippen molar-refractivity contribution >= 4 is 11.7 Å². The number of carboxylic acids is 1. The molecular weight excluding hydrogens is 353 g/mol. The third-order valence-electron chi connectivity index (χ3n) is 5.53. The van der Waals surface area contributed by atoms with Gasteiger partial charge in [0.05, 0.1) is 6.42 Å². The summed E-state index contributed by atoms with van der Waals surface area (Å²) < 4.78 is 14.5. The molecule has 0 aromatic heterocycles. The van der Waals surface area contributed by atoms with Crippen LogP contribution >= 0.6 is 0 Å². The first-order chi connectivity index (χ1) is 13.5. The number of halogens is 1. The van der Waals surface area contributed by atoms with Gasteiger partial charge in [0, 0.05) is 23.4 Å². The standard InChI is InChI=1S/C24H22FNO2/c1-14-7-9-16(10-8-14)22-19(11-21(27)28)15(2)24-23(20(22)12-25)18-6-4-3-5-17(18)13-26-24/h3-10,26H,11-13H2,1-2H3,(H,27,28). The highest BCUT2D eigenvalue weighted by Crippen LogP contribution is 2.47. The number of nitrogens with one attached hydrogen (secondary N) is 1. The van der Waals surface area contributed by atoms with Crippen LogP contribution in [0.4, 0.5) is 10.1 Å². The first kappa shape index (κ1) is 18.2. The molecule has 0 aliphatic carbocycles. The van der Waals surface area contributed by atoms with Gasteiger partial charge in [0.15, 0.2) is 0 Å². The Balaban J connectivity index is 2.10. The van der Waals surface area contributed by atoms with Gasteiger partial charge < -0.3 is 10.4 Å². The number of carboxylic acid groups (broad SMARTS) is 1. The fraction of sp³-hybridized carbons (Fsp3) is 0.208. The second-order valence-corrected chi connectivity index (χ2v) is 7.29. The first-order valence-electron chi connectivity index (χ1n) is 9.36. The van der Waals surface area contributed by atoms with E-state index in [0.29, 0.717) is 23.2 Å². The summed E-state index contributed by atoms with van der Waals surface area (Å²) in [6.45, 7) is 3.91. The van der Waals surface area contributed by atoms with Crippen molar-refractivity contribution in [1.29, 1.82) is 0 Å². The van der Waals surface area contributed by atoms with E-state index in [4.69, 9.17) is 0 Å². The predicted octanol–water partition coefficient (Wildman–Crippen LogP) is 5.66. The lowest BCUT2D eigenvalue weighted by molar-refractivity contribution is -0.136. The van der Waals surface area contributed by atoms with Crippen LogP contribution in [0, 0.1) is 13.8 Å². The molecule has 0 spiro atoms. The zero-order chi connectivity index (χ0) is 19.8. The topological polar surface area (TPSA) is 49.3 Å². The van der Waals surface area contributed by atoms with Crippen molar-refractivity contribution in [3.05, 3.63) is 76.3 Å². The first-order valence-corrected chi connectivity index (χ1v) is 9.36. The van der Waals surface area contributed by atoms with Crippen molar-refractivity contribution in [3.8, 4) is 22.3 Å². The van der Waals surface area contributed by atoms with Gasteiger partial charge in [-0.25, -0.2) is 4.39 Å². The molecule has 0 saturated carbocycles. The summed E-state index contributed by atoms with van der Waals surface area (Å²) in [5.41, 5.74) is 8.60. The maximum atomic E-state index is 14.5. The van der Waals surface area contributed by atoms with E-state index in [1.165, 1.54) is 0 Å². The second kappa shape index (κ2) is 7.12. The van der Waals surface area contributed by atoms with E-state index in [2.05, 4.69) is 5.32 Å². The van der Waals surface area contributed by atoms with Gasteiger partial charge in [0.2, 0.25) is 0 Å². The highest BCUT2D eigenvalue weighted by molar-refractivity contribution is 5.95. The van der Waals surface area contributed by atoms with E-state index in [1.54, 1.807) is 0 Å². The molecular formula is C24H22FNO2. The van der Waals surface area contributed by atoms with Gasteiger partial charge >= 0.3 is 5.97 Å². The van der Waals surface area contributed by atoms with Gasteiger partial charge in [0.25, 0.3) is 0 Å². The van der Waals surface area contributed by atoms with Gasteiger partial charge in [-0.2, -0.15) is 0 Å². The number of carbonyl (C=O) groups is 1. The fourth-order valence-electron chi connectivity index (χ4n) is 4.18. The highest BCUT2D eigenvalue weighted by atomic mass is 19.1. The summed E-state index contributed by atoms with van der Waals surface area (Å²) >= 11 is 0. The molecule has 0 radical (unpaired) electrons. The third-order valence-corrected chi connectivity index (χ3v) is 5.53. The third kappa shape index (κ3) is 2.95. The number of fused-ring (bicyclic) bond motifs is 3. The van der Waals surface area contributed by atoms with Crippen LogP contribution in [-0.4, -0.2) is 11.1 Å². The number of hydrogen-bond acceptors (Lipinski definition) is 2. The van der Waals surface area contributed by atoms with Gasteiger partial charge in [-0.15, -0.1) is 0 Å². The molecule has 3 aromatic carbocycles. The van der Waals surface area contributed by atoms with Crippen molar-refractivity contribution in [2.24, 2.45) is 0 Å². The van der Waals surface area contributed by atoms with Crippen molar-refractivity contribution in [1.82, 2.24) is 0 Å². The number of aryl methyl sites for hydroxylation is 1. The monoisotopic (exact) mass is 375 g/mol. The summed E-state index contributed by atoms with van der Waals surface area (Å²) in [7, 11) is 0. The Morgan fingerprint density at radius 1 is 1.04 bits per heavy atom. The molecule has 3 aromatic rings. The summed E-state index contributed by atoms with van der Waals surface area (Å²) in [6.07, 6.45) is -0.140. The van der Waals surface area contributed by atoms with Crippen molar-refractivity contribution in [3.63, 3.8) is 0 Å². The lowest BCUT2D eigenvalue weighted by Crippen LogP contribution is -2.16. The molecule has 28 heavy (non-hydrogen) atoms. The van der Waals surface area contributed by atoms with Crippen molar-refractivity contribution in [2.45, 2.75) is 33.5 Å². The molecule has 142 valence electrons. The van der Waals surface area contributed by atoms with Gasteiger partial charge in [-0.05, 0) is 47.2 Å². The molecule has 0 saturated heterocycles. The minimum absolute atomic E-state index is 0.140. The summed E-state index contributed by atoms with van der Waals surface area (Å²) in [6, 6.07) is 15.8. The minimum atomic E-state index is -0.919. The van der Waals surface area contributed by atoms with Crippen LogP contribution in [0.1, 0.15) is 27.8 Å². The molecule has 0 atom stereocenters. The van der Waals surface area contributed by atoms with Crippen LogP contribution in [0.5, 0.6) is 0 Å². The molecule has 1 heterocycles. The maximum Gasteiger partial charge on any atom is 0.307 e. The Labute approximate surface area is 163 Å². The van der Waals surface area contributed by atoms with Crippen LogP contribution in [-0.2, 0) is 24.4 Å². The molecule has 0 bridgehead atoms. The molecule has 4 heteroatoms. The van der Waals surface area contributed by atoms with Crippen LogP contribution in [0.15, 0.2) is 48.5 Å². The number of rotatable bonds is 4.